The van der Waals surface area contributed by atoms with Crippen LogP contribution in [-0.4, -0.2) is 11.1 Å². The summed E-state index contributed by atoms with van der Waals surface area (Å²) in [6.45, 7) is 2.24. The Labute approximate surface area is 139 Å². The van der Waals surface area contributed by atoms with Gasteiger partial charge in [0.05, 0.1) is 5.56 Å². The maximum atomic E-state index is 11.0. The van der Waals surface area contributed by atoms with Gasteiger partial charge in [0.15, 0.2) is 0 Å². The summed E-state index contributed by atoms with van der Waals surface area (Å²) in [6.07, 6.45) is 8.88. The summed E-state index contributed by atoms with van der Waals surface area (Å²) in [5, 5.41) is 9.01. The van der Waals surface area contributed by atoms with Crippen LogP contribution in [0.3, 0.4) is 0 Å². The van der Waals surface area contributed by atoms with E-state index in [0.29, 0.717) is 5.56 Å². The summed E-state index contributed by atoms with van der Waals surface area (Å²) in [7, 11) is 0. The molecule has 122 valence electrons. The number of aryl methyl sites for hydroxylation is 1. The zero-order valence-corrected chi connectivity index (χ0v) is 13.9. The molecule has 0 amide bonds. The number of aromatic carboxylic acids is 1. The topological polar surface area (TPSA) is 37.3 Å². The van der Waals surface area contributed by atoms with Gasteiger partial charge in [0.1, 0.15) is 0 Å². The van der Waals surface area contributed by atoms with Crippen molar-refractivity contribution in [1.82, 2.24) is 0 Å². The molecule has 0 aromatic heterocycles. The standard InChI is InChI=1S/C21H26O2/c1-2-3-4-5-6-7-10-17-11-8-9-12-20(17)18-13-15-19(16-14-18)21(22)23/h8-9,11-16H,2-7,10H2,1H3,(H,22,23). The average molecular weight is 310 g/mol. The van der Waals surface area contributed by atoms with Crippen molar-refractivity contribution in [2.24, 2.45) is 0 Å². The maximum Gasteiger partial charge on any atom is 0.335 e. The Morgan fingerprint density at radius 3 is 2.22 bits per heavy atom. The zero-order chi connectivity index (χ0) is 16.5. The summed E-state index contributed by atoms with van der Waals surface area (Å²) < 4.78 is 0. The van der Waals surface area contributed by atoms with E-state index in [1.807, 2.05) is 18.2 Å². The van der Waals surface area contributed by atoms with Crippen LogP contribution in [0.25, 0.3) is 11.1 Å². The highest BCUT2D eigenvalue weighted by Crippen LogP contribution is 2.25. The van der Waals surface area contributed by atoms with Gasteiger partial charge in [-0.1, -0.05) is 75.4 Å². The SMILES string of the molecule is CCCCCCCCc1ccccc1-c1ccc(C(=O)O)cc1. The Morgan fingerprint density at radius 2 is 1.52 bits per heavy atom. The summed E-state index contributed by atoms with van der Waals surface area (Å²) >= 11 is 0. The molecule has 0 aliphatic rings. The van der Waals surface area contributed by atoms with E-state index in [1.54, 1.807) is 12.1 Å². The van der Waals surface area contributed by atoms with Crippen molar-refractivity contribution in [3.05, 3.63) is 59.7 Å². The first-order valence-corrected chi connectivity index (χ1v) is 8.64. The molecule has 0 aliphatic carbocycles. The highest BCUT2D eigenvalue weighted by Gasteiger charge is 2.06. The Kier molecular flexibility index (Phi) is 6.86. The molecule has 1 N–H and O–H groups in total. The van der Waals surface area contributed by atoms with Crippen LogP contribution in [0.1, 0.15) is 61.4 Å². The zero-order valence-electron chi connectivity index (χ0n) is 13.9. The van der Waals surface area contributed by atoms with Crippen molar-refractivity contribution < 1.29 is 9.90 Å². The molecule has 0 radical (unpaired) electrons. The number of rotatable bonds is 9. The molecule has 0 aliphatic heterocycles. The smallest absolute Gasteiger partial charge is 0.335 e. The molecule has 2 aromatic carbocycles. The number of carbonyl (C=O) groups is 1. The summed E-state index contributed by atoms with van der Waals surface area (Å²) in [5.74, 6) is -0.878. The lowest BCUT2D eigenvalue weighted by Gasteiger charge is -2.10. The van der Waals surface area contributed by atoms with Crippen LogP contribution < -0.4 is 0 Å². The minimum Gasteiger partial charge on any atom is -0.478 e. The molecule has 0 saturated heterocycles. The van der Waals surface area contributed by atoms with Crippen LogP contribution in [-0.2, 0) is 6.42 Å². The average Bonchev–Trinajstić information content (AvgIpc) is 2.58. The molecular weight excluding hydrogens is 284 g/mol. The van der Waals surface area contributed by atoms with Crippen molar-refractivity contribution >= 4 is 5.97 Å². The van der Waals surface area contributed by atoms with E-state index in [4.69, 9.17) is 5.11 Å². The quantitative estimate of drug-likeness (QED) is 0.581. The second-order valence-corrected chi connectivity index (χ2v) is 6.06. The third kappa shape index (κ3) is 5.24. The number of hydrogen-bond acceptors (Lipinski definition) is 1. The van der Waals surface area contributed by atoms with Gasteiger partial charge >= 0.3 is 5.97 Å². The van der Waals surface area contributed by atoms with E-state index in [1.165, 1.54) is 49.7 Å². The van der Waals surface area contributed by atoms with Crippen LogP contribution >= 0.6 is 0 Å². The fraction of sp³-hybridized carbons (Fsp3) is 0.381. The van der Waals surface area contributed by atoms with E-state index < -0.39 is 5.97 Å². The Balaban J connectivity index is 2.01. The Morgan fingerprint density at radius 1 is 0.870 bits per heavy atom. The van der Waals surface area contributed by atoms with Gasteiger partial charge < -0.3 is 5.11 Å². The Bertz CT molecular complexity index is 614. The molecule has 0 fully saturated rings. The number of benzene rings is 2. The molecular formula is C21H26O2. The second-order valence-electron chi connectivity index (χ2n) is 6.06. The van der Waals surface area contributed by atoms with Crippen molar-refractivity contribution in [2.45, 2.75) is 51.9 Å². The number of carboxylic acids is 1. The molecule has 0 saturated carbocycles. The monoisotopic (exact) mass is 310 g/mol. The summed E-state index contributed by atoms with van der Waals surface area (Å²) in [5.41, 5.74) is 4.00. The molecule has 2 aromatic rings. The second kappa shape index (κ2) is 9.14. The molecule has 2 rings (SSSR count). The van der Waals surface area contributed by atoms with Gasteiger partial charge in [0.25, 0.3) is 0 Å². The molecule has 2 nitrogen and oxygen atoms in total. The van der Waals surface area contributed by atoms with Gasteiger partial charge in [-0.2, -0.15) is 0 Å². The fourth-order valence-electron chi connectivity index (χ4n) is 2.91. The van der Waals surface area contributed by atoms with Crippen LogP contribution in [0.4, 0.5) is 0 Å². The minimum absolute atomic E-state index is 0.335. The van der Waals surface area contributed by atoms with E-state index in [-0.39, 0.29) is 0 Å². The highest BCUT2D eigenvalue weighted by atomic mass is 16.4. The number of unbranched alkanes of at least 4 members (excludes halogenated alkanes) is 5. The van der Waals surface area contributed by atoms with Gasteiger partial charge in [0, 0.05) is 0 Å². The van der Waals surface area contributed by atoms with E-state index in [9.17, 15) is 4.79 Å². The fourth-order valence-corrected chi connectivity index (χ4v) is 2.91. The lowest BCUT2D eigenvalue weighted by molar-refractivity contribution is 0.0697. The van der Waals surface area contributed by atoms with Gasteiger partial charge in [-0.05, 0) is 41.7 Å². The third-order valence-electron chi connectivity index (χ3n) is 4.26. The highest BCUT2D eigenvalue weighted by molar-refractivity contribution is 5.88. The predicted molar refractivity (Wildman–Crippen MR) is 95.9 cm³/mol. The predicted octanol–water partition coefficient (Wildman–Crippen LogP) is 5.95. The van der Waals surface area contributed by atoms with E-state index >= 15 is 0 Å². The van der Waals surface area contributed by atoms with Gasteiger partial charge in [-0.15, -0.1) is 0 Å². The lowest BCUT2D eigenvalue weighted by Crippen LogP contribution is -1.96. The number of carboxylic acid groups (broad SMARTS) is 1. The first kappa shape index (κ1) is 17.3. The normalized spacial score (nSPS) is 10.7. The molecule has 0 heterocycles. The first-order chi connectivity index (χ1) is 11.2. The van der Waals surface area contributed by atoms with Crippen molar-refractivity contribution in [1.29, 1.82) is 0 Å². The molecule has 23 heavy (non-hydrogen) atoms. The van der Waals surface area contributed by atoms with Crippen LogP contribution in [0.2, 0.25) is 0 Å². The van der Waals surface area contributed by atoms with Gasteiger partial charge in [0.2, 0.25) is 0 Å². The molecule has 0 unspecified atom stereocenters. The number of hydrogen-bond donors (Lipinski definition) is 1. The first-order valence-electron chi connectivity index (χ1n) is 8.64. The third-order valence-corrected chi connectivity index (χ3v) is 4.26. The molecule has 2 heteroatoms. The Hall–Kier alpha value is -2.09. The molecule has 0 atom stereocenters. The van der Waals surface area contributed by atoms with Gasteiger partial charge in [-0.3, -0.25) is 0 Å². The van der Waals surface area contributed by atoms with Crippen LogP contribution in [0.5, 0.6) is 0 Å². The van der Waals surface area contributed by atoms with Crippen molar-refractivity contribution in [3.63, 3.8) is 0 Å². The minimum atomic E-state index is -0.878. The molecule has 0 bridgehead atoms. The molecule has 0 spiro atoms. The van der Waals surface area contributed by atoms with Gasteiger partial charge in [-0.25, -0.2) is 4.79 Å². The summed E-state index contributed by atoms with van der Waals surface area (Å²) in [4.78, 5) is 11.0. The van der Waals surface area contributed by atoms with E-state index in [0.717, 1.165) is 12.0 Å². The van der Waals surface area contributed by atoms with E-state index in [2.05, 4.69) is 25.1 Å². The largest absolute Gasteiger partial charge is 0.478 e. The van der Waals surface area contributed by atoms with Crippen molar-refractivity contribution in [3.8, 4) is 11.1 Å². The lowest BCUT2D eigenvalue weighted by atomic mass is 9.95. The summed E-state index contributed by atoms with van der Waals surface area (Å²) in [6, 6.07) is 15.6. The van der Waals surface area contributed by atoms with Crippen LogP contribution in [0.15, 0.2) is 48.5 Å². The van der Waals surface area contributed by atoms with Crippen LogP contribution in [0, 0.1) is 0 Å². The maximum absolute atomic E-state index is 11.0. The van der Waals surface area contributed by atoms with Crippen molar-refractivity contribution in [2.75, 3.05) is 0 Å².